The fourth-order valence-electron chi connectivity index (χ4n) is 1.96. The van der Waals surface area contributed by atoms with Crippen molar-refractivity contribution in [1.82, 2.24) is 5.32 Å². The van der Waals surface area contributed by atoms with Crippen molar-refractivity contribution in [2.24, 2.45) is 0 Å². The first kappa shape index (κ1) is 17.9. The zero-order chi connectivity index (χ0) is 17.7. The summed E-state index contributed by atoms with van der Waals surface area (Å²) in [5, 5.41) is 5.17. The highest BCUT2D eigenvalue weighted by Crippen LogP contribution is 2.21. The van der Waals surface area contributed by atoms with Crippen molar-refractivity contribution in [2.75, 3.05) is 19.0 Å². The number of benzene rings is 2. The summed E-state index contributed by atoms with van der Waals surface area (Å²) >= 11 is 3.15. The van der Waals surface area contributed by atoms with E-state index in [0.29, 0.717) is 15.7 Å². The van der Waals surface area contributed by atoms with Crippen molar-refractivity contribution < 1.29 is 18.7 Å². The Morgan fingerprint density at radius 3 is 2.62 bits per heavy atom. The van der Waals surface area contributed by atoms with Gasteiger partial charge in [0, 0.05) is 22.8 Å². The average Bonchev–Trinajstić information content (AvgIpc) is 2.55. The van der Waals surface area contributed by atoms with Crippen LogP contribution in [0, 0.1) is 12.7 Å². The minimum Gasteiger partial charge on any atom is -0.481 e. The molecule has 126 valence electrons. The van der Waals surface area contributed by atoms with Crippen LogP contribution >= 0.6 is 15.9 Å². The molecule has 2 rings (SSSR count). The van der Waals surface area contributed by atoms with Gasteiger partial charge in [-0.1, -0.05) is 22.0 Å². The highest BCUT2D eigenvalue weighted by Gasteiger charge is 2.11. The number of ether oxygens (including phenoxy) is 1. The highest BCUT2D eigenvalue weighted by atomic mass is 79.9. The summed E-state index contributed by atoms with van der Waals surface area (Å²) in [5.41, 5.74) is 1.73. The number of carbonyl (C=O) groups is 2. The maximum absolute atomic E-state index is 13.6. The third-order valence-electron chi connectivity index (χ3n) is 3.25. The predicted molar refractivity (Wildman–Crippen MR) is 92.8 cm³/mol. The van der Waals surface area contributed by atoms with Crippen LogP contribution in [0.2, 0.25) is 0 Å². The fourth-order valence-corrected chi connectivity index (χ4v) is 2.30. The number of anilines is 1. The van der Waals surface area contributed by atoms with Gasteiger partial charge in [-0.2, -0.15) is 0 Å². The van der Waals surface area contributed by atoms with E-state index in [1.54, 1.807) is 31.2 Å². The number of halogens is 2. The quantitative estimate of drug-likeness (QED) is 0.817. The predicted octanol–water partition coefficient (Wildman–Crippen LogP) is 3.27. The first-order valence-electron chi connectivity index (χ1n) is 7.11. The zero-order valence-corrected chi connectivity index (χ0v) is 14.7. The van der Waals surface area contributed by atoms with Crippen molar-refractivity contribution in [3.05, 3.63) is 57.8 Å². The van der Waals surface area contributed by atoms with Gasteiger partial charge in [-0.25, -0.2) is 4.39 Å². The molecule has 0 aliphatic rings. The number of carbonyl (C=O) groups excluding carboxylic acids is 2. The minimum absolute atomic E-state index is 0.0100. The van der Waals surface area contributed by atoms with Crippen LogP contribution in [0.1, 0.15) is 15.9 Å². The molecule has 0 aliphatic heterocycles. The average molecular weight is 395 g/mol. The number of hydrogen-bond donors (Lipinski definition) is 2. The van der Waals surface area contributed by atoms with Crippen molar-refractivity contribution in [3.63, 3.8) is 0 Å². The molecule has 0 bridgehead atoms. The lowest BCUT2D eigenvalue weighted by Gasteiger charge is -2.11. The van der Waals surface area contributed by atoms with Gasteiger partial charge in [-0.05, 0) is 42.8 Å². The molecule has 0 spiro atoms. The maximum Gasteiger partial charge on any atom is 0.262 e. The molecule has 2 aromatic rings. The lowest BCUT2D eigenvalue weighted by Crippen LogP contribution is -2.22. The molecule has 0 atom stereocenters. The van der Waals surface area contributed by atoms with E-state index in [9.17, 15) is 14.0 Å². The van der Waals surface area contributed by atoms with E-state index in [1.165, 1.54) is 19.2 Å². The molecule has 2 aromatic carbocycles. The van der Waals surface area contributed by atoms with E-state index in [0.717, 1.165) is 5.56 Å². The van der Waals surface area contributed by atoms with E-state index >= 15 is 0 Å². The smallest absolute Gasteiger partial charge is 0.262 e. The second-order valence-corrected chi connectivity index (χ2v) is 5.94. The summed E-state index contributed by atoms with van der Waals surface area (Å²) in [4.78, 5) is 23.6. The van der Waals surface area contributed by atoms with E-state index in [1.807, 2.05) is 0 Å². The lowest BCUT2D eigenvalue weighted by molar-refractivity contribution is -0.118. The van der Waals surface area contributed by atoms with Crippen molar-refractivity contribution in [3.8, 4) is 5.75 Å². The van der Waals surface area contributed by atoms with Gasteiger partial charge >= 0.3 is 0 Å². The Morgan fingerprint density at radius 1 is 1.21 bits per heavy atom. The third kappa shape index (κ3) is 4.55. The van der Waals surface area contributed by atoms with Crippen LogP contribution in [0.4, 0.5) is 10.1 Å². The van der Waals surface area contributed by atoms with E-state index in [-0.39, 0.29) is 18.3 Å². The van der Waals surface area contributed by atoms with Gasteiger partial charge in [-0.3, -0.25) is 9.59 Å². The summed E-state index contributed by atoms with van der Waals surface area (Å²) in [6, 6.07) is 9.28. The van der Waals surface area contributed by atoms with Gasteiger partial charge in [0.2, 0.25) is 0 Å². The molecule has 0 aromatic heterocycles. The molecule has 0 saturated heterocycles. The van der Waals surface area contributed by atoms with Crippen LogP contribution < -0.4 is 15.4 Å². The first-order chi connectivity index (χ1) is 11.4. The van der Waals surface area contributed by atoms with Crippen LogP contribution in [0.5, 0.6) is 5.75 Å². The van der Waals surface area contributed by atoms with Gasteiger partial charge in [0.25, 0.3) is 11.8 Å². The van der Waals surface area contributed by atoms with Crippen LogP contribution in [-0.4, -0.2) is 25.5 Å². The van der Waals surface area contributed by atoms with E-state index < -0.39 is 11.7 Å². The molecule has 0 radical (unpaired) electrons. The third-order valence-corrected chi connectivity index (χ3v) is 3.75. The monoisotopic (exact) mass is 394 g/mol. The molecular formula is C17H16BrFN2O3. The Morgan fingerprint density at radius 2 is 1.96 bits per heavy atom. The second kappa shape index (κ2) is 7.92. The highest BCUT2D eigenvalue weighted by molar-refractivity contribution is 9.10. The van der Waals surface area contributed by atoms with Gasteiger partial charge in [0.05, 0.1) is 0 Å². The molecule has 0 fully saturated rings. The molecule has 0 aliphatic carbocycles. The molecule has 0 saturated carbocycles. The lowest BCUT2D eigenvalue weighted by atomic mass is 10.1. The number of nitrogens with one attached hydrogen (secondary N) is 2. The van der Waals surface area contributed by atoms with Crippen LogP contribution in [0.25, 0.3) is 0 Å². The molecular weight excluding hydrogens is 379 g/mol. The van der Waals surface area contributed by atoms with Crippen molar-refractivity contribution in [1.29, 1.82) is 0 Å². The first-order valence-corrected chi connectivity index (χ1v) is 7.90. The normalized spacial score (nSPS) is 10.2. The SMILES string of the molecule is CNC(=O)c1ccc(C)c(NC(=O)COc2ccc(Br)cc2F)c1. The van der Waals surface area contributed by atoms with Gasteiger partial charge in [0.1, 0.15) is 0 Å². The van der Waals surface area contributed by atoms with Crippen LogP contribution in [-0.2, 0) is 4.79 Å². The van der Waals surface area contributed by atoms with Gasteiger partial charge < -0.3 is 15.4 Å². The second-order valence-electron chi connectivity index (χ2n) is 5.02. The molecule has 24 heavy (non-hydrogen) atoms. The largest absolute Gasteiger partial charge is 0.481 e. The molecule has 7 heteroatoms. The zero-order valence-electron chi connectivity index (χ0n) is 13.2. The molecule has 2 amide bonds. The summed E-state index contributed by atoms with van der Waals surface area (Å²) in [5.74, 6) is -1.27. The Hall–Kier alpha value is -2.41. The van der Waals surface area contributed by atoms with Crippen molar-refractivity contribution >= 4 is 33.4 Å². The van der Waals surface area contributed by atoms with Gasteiger partial charge in [0.15, 0.2) is 18.2 Å². The molecule has 5 nitrogen and oxygen atoms in total. The number of aryl methyl sites for hydroxylation is 1. The standard InChI is InChI=1S/C17H16BrFN2O3/c1-10-3-4-11(17(23)20-2)7-14(10)21-16(22)9-24-15-6-5-12(18)8-13(15)19/h3-8H,9H2,1-2H3,(H,20,23)(H,21,22). The van der Waals surface area contributed by atoms with Crippen LogP contribution in [0.3, 0.4) is 0 Å². The Kier molecular flexibility index (Phi) is 5.92. The Labute approximate surface area is 147 Å². The fraction of sp³-hybridized carbons (Fsp3) is 0.176. The topological polar surface area (TPSA) is 67.4 Å². The summed E-state index contributed by atoms with van der Waals surface area (Å²) in [7, 11) is 1.53. The van der Waals surface area contributed by atoms with Crippen molar-refractivity contribution in [2.45, 2.75) is 6.92 Å². The number of hydrogen-bond acceptors (Lipinski definition) is 3. The maximum atomic E-state index is 13.6. The minimum atomic E-state index is -0.560. The number of amides is 2. The Balaban J connectivity index is 2.03. The molecule has 0 heterocycles. The summed E-state index contributed by atoms with van der Waals surface area (Å²) < 4.78 is 19.4. The van der Waals surface area contributed by atoms with E-state index in [2.05, 4.69) is 26.6 Å². The van der Waals surface area contributed by atoms with Crippen LogP contribution in [0.15, 0.2) is 40.9 Å². The molecule has 0 unspecified atom stereocenters. The van der Waals surface area contributed by atoms with Gasteiger partial charge in [-0.15, -0.1) is 0 Å². The number of rotatable bonds is 5. The summed E-state index contributed by atoms with van der Waals surface area (Å²) in [6.45, 7) is 1.46. The van der Waals surface area contributed by atoms with E-state index in [4.69, 9.17) is 4.74 Å². The summed E-state index contributed by atoms with van der Waals surface area (Å²) in [6.07, 6.45) is 0. The Bertz CT molecular complexity index is 780. The molecule has 2 N–H and O–H groups in total.